The van der Waals surface area contributed by atoms with Crippen molar-refractivity contribution in [2.75, 3.05) is 32.8 Å². The first kappa shape index (κ1) is 25.9. The number of likely N-dealkylation sites (tertiary alicyclic amines) is 1. The molecule has 5 rings (SSSR count). The third-order valence-corrected chi connectivity index (χ3v) is 7.72. The zero-order valence-corrected chi connectivity index (χ0v) is 22.1. The lowest BCUT2D eigenvalue weighted by atomic mass is 9.88. The lowest BCUT2D eigenvalue weighted by Gasteiger charge is -2.30. The van der Waals surface area contributed by atoms with E-state index in [1.54, 1.807) is 0 Å². The molecule has 2 aromatic carbocycles. The number of hydrogen-bond acceptors (Lipinski definition) is 5. The molecule has 0 unspecified atom stereocenters. The maximum atomic E-state index is 9.12. The number of aliphatic hydroxyl groups excluding tert-OH is 1. The highest BCUT2D eigenvalue weighted by molar-refractivity contribution is 6.30. The minimum absolute atomic E-state index is 0.000304. The summed E-state index contributed by atoms with van der Waals surface area (Å²) < 4.78 is 5.97. The standard InChI is InChI=1S/C31H36ClN3O2/c32-26-8-11-29-25(20-26)7-6-24-3-1-14-34-31(24)30(29)23-12-16-35(17-13-23)15-2-18-37-28-9-4-22(5-10-28)19-27(33)21-36/h1,3-5,8-11,14,20,27,36H,2,6-7,12-13,15-19,21,33H2/t27-/m0/s1. The van der Waals surface area contributed by atoms with Crippen LogP contribution in [-0.4, -0.2) is 53.9 Å². The van der Waals surface area contributed by atoms with Gasteiger partial charge in [0.05, 0.1) is 18.9 Å². The van der Waals surface area contributed by atoms with Crippen molar-refractivity contribution in [1.82, 2.24) is 9.88 Å². The quantitative estimate of drug-likeness (QED) is 0.408. The van der Waals surface area contributed by atoms with Crippen molar-refractivity contribution in [3.63, 3.8) is 0 Å². The Hall–Kier alpha value is -2.70. The fourth-order valence-electron chi connectivity index (χ4n) is 5.50. The molecule has 6 heteroatoms. The van der Waals surface area contributed by atoms with Crippen molar-refractivity contribution < 1.29 is 9.84 Å². The Labute approximate surface area is 224 Å². The topological polar surface area (TPSA) is 71.6 Å². The van der Waals surface area contributed by atoms with Gasteiger partial charge in [-0.15, -0.1) is 0 Å². The van der Waals surface area contributed by atoms with Crippen LogP contribution in [0.1, 0.15) is 47.2 Å². The van der Waals surface area contributed by atoms with Gasteiger partial charge in [0.15, 0.2) is 0 Å². The van der Waals surface area contributed by atoms with E-state index in [2.05, 4.69) is 29.2 Å². The first-order valence-electron chi connectivity index (χ1n) is 13.4. The summed E-state index contributed by atoms with van der Waals surface area (Å²) in [7, 11) is 0. The molecule has 37 heavy (non-hydrogen) atoms. The van der Waals surface area contributed by atoms with E-state index in [4.69, 9.17) is 32.2 Å². The van der Waals surface area contributed by atoms with E-state index >= 15 is 0 Å². The number of fused-ring (bicyclic) bond motifs is 2. The van der Waals surface area contributed by atoms with Crippen molar-refractivity contribution in [3.8, 4) is 5.75 Å². The monoisotopic (exact) mass is 517 g/mol. The lowest BCUT2D eigenvalue weighted by Crippen LogP contribution is -2.32. The number of halogens is 1. The Morgan fingerprint density at radius 3 is 2.57 bits per heavy atom. The summed E-state index contributed by atoms with van der Waals surface area (Å²) >= 11 is 6.36. The highest BCUT2D eigenvalue weighted by Gasteiger charge is 2.25. The van der Waals surface area contributed by atoms with Gasteiger partial charge in [-0.05, 0) is 91.1 Å². The minimum atomic E-state index is -0.214. The van der Waals surface area contributed by atoms with Gasteiger partial charge in [-0.2, -0.15) is 0 Å². The third-order valence-electron chi connectivity index (χ3n) is 7.48. The van der Waals surface area contributed by atoms with Crippen LogP contribution in [0.4, 0.5) is 0 Å². The van der Waals surface area contributed by atoms with Gasteiger partial charge in [0, 0.05) is 42.5 Å². The minimum Gasteiger partial charge on any atom is -0.494 e. The molecular formula is C31H36ClN3O2. The largest absolute Gasteiger partial charge is 0.494 e. The highest BCUT2D eigenvalue weighted by atomic mass is 35.5. The van der Waals surface area contributed by atoms with E-state index in [0.29, 0.717) is 13.0 Å². The number of rotatable bonds is 8. The molecule has 1 aliphatic carbocycles. The van der Waals surface area contributed by atoms with E-state index < -0.39 is 0 Å². The van der Waals surface area contributed by atoms with E-state index in [9.17, 15) is 0 Å². The molecular weight excluding hydrogens is 482 g/mol. The highest BCUT2D eigenvalue weighted by Crippen LogP contribution is 2.38. The van der Waals surface area contributed by atoms with Crippen molar-refractivity contribution in [2.45, 2.75) is 44.6 Å². The molecule has 1 aliphatic heterocycles. The van der Waals surface area contributed by atoms with Crippen LogP contribution in [0.2, 0.25) is 5.02 Å². The van der Waals surface area contributed by atoms with Gasteiger partial charge >= 0.3 is 0 Å². The fraction of sp³-hybridized carbons (Fsp3) is 0.387. The Balaban J connectivity index is 1.18. The van der Waals surface area contributed by atoms with Gasteiger partial charge in [0.2, 0.25) is 0 Å². The predicted octanol–water partition coefficient (Wildman–Crippen LogP) is 5.06. The summed E-state index contributed by atoms with van der Waals surface area (Å²) in [6, 6.07) is 18.4. The van der Waals surface area contributed by atoms with Crippen LogP contribution in [0.15, 0.2) is 66.4 Å². The molecule has 1 aromatic heterocycles. The van der Waals surface area contributed by atoms with E-state index in [1.165, 1.54) is 27.8 Å². The second-order valence-corrected chi connectivity index (χ2v) is 10.6. The Morgan fingerprint density at radius 2 is 1.78 bits per heavy atom. The van der Waals surface area contributed by atoms with Gasteiger partial charge < -0.3 is 20.5 Å². The average Bonchev–Trinajstić information content (AvgIpc) is 3.09. The number of aryl methyl sites for hydroxylation is 2. The molecule has 0 saturated carbocycles. The number of nitrogens with two attached hydrogens (primary N) is 1. The van der Waals surface area contributed by atoms with Gasteiger partial charge in [-0.3, -0.25) is 4.98 Å². The van der Waals surface area contributed by atoms with Crippen LogP contribution < -0.4 is 10.5 Å². The normalized spacial score (nSPS) is 16.6. The van der Waals surface area contributed by atoms with Crippen molar-refractivity contribution in [3.05, 3.63) is 99.3 Å². The summed E-state index contributed by atoms with van der Waals surface area (Å²) in [6.07, 6.45) is 7.71. The summed E-state index contributed by atoms with van der Waals surface area (Å²) in [4.78, 5) is 7.40. The van der Waals surface area contributed by atoms with Crippen LogP contribution in [0.5, 0.6) is 5.75 Å². The molecule has 3 aromatic rings. The first-order chi connectivity index (χ1) is 18.1. The smallest absolute Gasteiger partial charge is 0.119 e. The molecule has 2 aliphatic rings. The van der Waals surface area contributed by atoms with Crippen molar-refractivity contribution in [1.29, 1.82) is 0 Å². The molecule has 5 nitrogen and oxygen atoms in total. The summed E-state index contributed by atoms with van der Waals surface area (Å²) in [5, 5.41) is 9.92. The van der Waals surface area contributed by atoms with Gasteiger partial charge in [0.25, 0.3) is 0 Å². The third kappa shape index (κ3) is 6.42. The average molecular weight is 518 g/mol. The number of piperidine rings is 1. The Kier molecular flexibility index (Phi) is 8.57. The van der Waals surface area contributed by atoms with E-state index in [0.717, 1.165) is 73.8 Å². The predicted molar refractivity (Wildman–Crippen MR) is 150 cm³/mol. The number of hydrogen-bond donors (Lipinski definition) is 2. The fourth-order valence-corrected chi connectivity index (χ4v) is 5.69. The Bertz CT molecular complexity index is 1230. The molecule has 194 valence electrons. The number of nitrogens with zero attached hydrogens (tertiary/aromatic N) is 2. The first-order valence-corrected chi connectivity index (χ1v) is 13.7. The maximum Gasteiger partial charge on any atom is 0.119 e. The van der Waals surface area contributed by atoms with Gasteiger partial charge in [-0.1, -0.05) is 41.4 Å². The second-order valence-electron chi connectivity index (χ2n) is 10.1. The molecule has 3 N–H and O–H groups in total. The van der Waals surface area contributed by atoms with Gasteiger partial charge in [0.1, 0.15) is 5.75 Å². The van der Waals surface area contributed by atoms with E-state index in [1.807, 2.05) is 36.5 Å². The zero-order valence-electron chi connectivity index (χ0n) is 21.3. The van der Waals surface area contributed by atoms with Crippen LogP contribution >= 0.6 is 11.6 Å². The number of aliphatic hydroxyl groups is 1. The molecule has 0 amide bonds. The molecule has 1 saturated heterocycles. The summed E-state index contributed by atoms with van der Waals surface area (Å²) in [5.74, 6) is 0.880. The summed E-state index contributed by atoms with van der Waals surface area (Å²) in [6.45, 7) is 3.85. The van der Waals surface area contributed by atoms with Crippen LogP contribution in [0.3, 0.4) is 0 Å². The zero-order chi connectivity index (χ0) is 25.6. The SMILES string of the molecule is N[C@H](CO)Cc1ccc(OCCCN2CCC(=C3c4ccc(Cl)cc4CCc4cccnc43)CC2)cc1. The number of ether oxygens (including phenoxy) is 1. The van der Waals surface area contributed by atoms with Crippen LogP contribution in [0, 0.1) is 0 Å². The molecule has 0 spiro atoms. The lowest BCUT2D eigenvalue weighted by molar-refractivity contribution is 0.223. The van der Waals surface area contributed by atoms with Crippen LogP contribution in [-0.2, 0) is 19.3 Å². The summed E-state index contributed by atoms with van der Waals surface area (Å²) in [5.41, 5.74) is 14.9. The number of pyridine rings is 1. The van der Waals surface area contributed by atoms with E-state index in [-0.39, 0.29) is 12.6 Å². The molecule has 1 atom stereocenters. The molecule has 0 bridgehead atoms. The van der Waals surface area contributed by atoms with Crippen LogP contribution in [0.25, 0.3) is 5.57 Å². The van der Waals surface area contributed by atoms with Crippen molar-refractivity contribution in [2.24, 2.45) is 5.73 Å². The van der Waals surface area contributed by atoms with Crippen molar-refractivity contribution >= 4 is 17.2 Å². The molecule has 2 heterocycles. The Morgan fingerprint density at radius 1 is 1.00 bits per heavy atom. The number of aromatic nitrogens is 1. The molecule has 0 radical (unpaired) electrons. The second kappa shape index (κ2) is 12.2. The maximum absolute atomic E-state index is 9.12. The number of benzene rings is 2. The van der Waals surface area contributed by atoms with Gasteiger partial charge in [-0.25, -0.2) is 0 Å². The molecule has 1 fully saturated rings.